The zero-order valence-corrected chi connectivity index (χ0v) is 9.19. The van der Waals surface area contributed by atoms with Crippen molar-refractivity contribution in [3.05, 3.63) is 47.2 Å². The highest BCUT2D eigenvalue weighted by atomic mass is 16.5. The third-order valence-electron chi connectivity index (χ3n) is 2.48. The molecule has 0 saturated carbocycles. The molecule has 1 aliphatic rings. The lowest BCUT2D eigenvalue weighted by atomic mass is 10.1. The summed E-state index contributed by atoms with van der Waals surface area (Å²) in [5, 5.41) is 1.77. The monoisotopic (exact) mass is 215 g/mol. The van der Waals surface area contributed by atoms with Crippen LogP contribution in [0.3, 0.4) is 0 Å². The SMILES string of the molecule is C=C(OCC)C(=O)C1=c2ccccc2=NC1. The Morgan fingerprint density at radius 2 is 2.25 bits per heavy atom. The van der Waals surface area contributed by atoms with Crippen molar-refractivity contribution in [3.63, 3.8) is 0 Å². The minimum atomic E-state index is -0.143. The summed E-state index contributed by atoms with van der Waals surface area (Å²) in [6.45, 7) is 6.33. The molecule has 3 nitrogen and oxygen atoms in total. The number of carbonyl (C=O) groups is 1. The number of ether oxygens (including phenoxy) is 1. The number of nitrogens with zero attached hydrogens (tertiary/aromatic N) is 1. The summed E-state index contributed by atoms with van der Waals surface area (Å²) >= 11 is 0. The number of para-hydroxylation sites is 1. The number of carbonyl (C=O) groups excluding carboxylic acids is 1. The second-order valence-electron chi connectivity index (χ2n) is 3.50. The summed E-state index contributed by atoms with van der Waals surface area (Å²) in [6, 6.07) is 7.61. The molecule has 0 spiro atoms. The molecule has 3 heteroatoms. The number of allylic oxidation sites excluding steroid dienone is 1. The third-order valence-corrected chi connectivity index (χ3v) is 2.48. The van der Waals surface area contributed by atoms with E-state index in [2.05, 4.69) is 11.6 Å². The van der Waals surface area contributed by atoms with Crippen LogP contribution < -0.4 is 10.6 Å². The van der Waals surface area contributed by atoms with Crippen LogP contribution in [0.2, 0.25) is 0 Å². The molecule has 82 valence electrons. The third kappa shape index (κ3) is 1.76. The molecule has 0 radical (unpaired) electrons. The fraction of sp³-hybridized carbons (Fsp3) is 0.231. The van der Waals surface area contributed by atoms with Gasteiger partial charge in [-0.3, -0.25) is 9.79 Å². The molecule has 0 atom stereocenters. The molecule has 2 rings (SSSR count). The van der Waals surface area contributed by atoms with Gasteiger partial charge in [-0.1, -0.05) is 24.8 Å². The number of benzene rings is 1. The summed E-state index contributed by atoms with van der Waals surface area (Å²) < 4.78 is 5.12. The van der Waals surface area contributed by atoms with Gasteiger partial charge in [-0.2, -0.15) is 0 Å². The molecule has 16 heavy (non-hydrogen) atoms. The predicted octanol–water partition coefficient (Wildman–Crippen LogP) is 0.590. The van der Waals surface area contributed by atoms with Gasteiger partial charge in [0.15, 0.2) is 5.76 Å². The van der Waals surface area contributed by atoms with Gasteiger partial charge in [0.05, 0.1) is 18.5 Å². The lowest BCUT2D eigenvalue weighted by Crippen LogP contribution is -2.25. The van der Waals surface area contributed by atoms with Crippen molar-refractivity contribution < 1.29 is 9.53 Å². The van der Waals surface area contributed by atoms with Crippen molar-refractivity contribution >= 4 is 11.4 Å². The number of ketones is 1. The Bertz CT molecular complexity index is 558. The Hall–Kier alpha value is -1.90. The Morgan fingerprint density at radius 3 is 3.00 bits per heavy atom. The Kier molecular flexibility index (Phi) is 2.86. The van der Waals surface area contributed by atoms with Crippen molar-refractivity contribution in [1.29, 1.82) is 0 Å². The number of hydrogen-bond acceptors (Lipinski definition) is 3. The second kappa shape index (κ2) is 4.31. The molecule has 1 aromatic carbocycles. The molecular weight excluding hydrogens is 202 g/mol. The molecule has 0 N–H and O–H groups in total. The van der Waals surface area contributed by atoms with Crippen LogP contribution in [0.5, 0.6) is 0 Å². The van der Waals surface area contributed by atoms with Crippen molar-refractivity contribution in [1.82, 2.24) is 0 Å². The first kappa shape index (κ1) is 10.6. The van der Waals surface area contributed by atoms with Crippen molar-refractivity contribution in [3.8, 4) is 0 Å². The highest BCUT2D eigenvalue weighted by Gasteiger charge is 2.18. The first-order valence-electron chi connectivity index (χ1n) is 5.23. The molecule has 0 unspecified atom stereocenters. The highest BCUT2D eigenvalue weighted by molar-refractivity contribution is 6.23. The number of rotatable bonds is 4. The van der Waals surface area contributed by atoms with E-state index < -0.39 is 0 Å². The molecule has 0 amide bonds. The average Bonchev–Trinajstić information content (AvgIpc) is 2.72. The van der Waals surface area contributed by atoms with Crippen LogP contribution in [0.25, 0.3) is 5.57 Å². The maximum Gasteiger partial charge on any atom is 0.225 e. The van der Waals surface area contributed by atoms with Crippen LogP contribution in [0, 0.1) is 0 Å². The lowest BCUT2D eigenvalue weighted by molar-refractivity contribution is -0.113. The smallest absolute Gasteiger partial charge is 0.225 e. The van der Waals surface area contributed by atoms with Crippen molar-refractivity contribution in [2.24, 2.45) is 4.99 Å². The number of fused-ring (bicyclic) bond motifs is 1. The van der Waals surface area contributed by atoms with Gasteiger partial charge in [0, 0.05) is 10.8 Å². The van der Waals surface area contributed by atoms with Gasteiger partial charge in [-0.05, 0) is 13.0 Å². The maximum absolute atomic E-state index is 12.0. The molecule has 0 fully saturated rings. The summed E-state index contributed by atoms with van der Waals surface area (Å²) in [5.41, 5.74) is 0.675. The van der Waals surface area contributed by atoms with Gasteiger partial charge in [0.1, 0.15) is 0 Å². The molecule has 0 saturated heterocycles. The summed E-state index contributed by atoms with van der Waals surface area (Å²) in [4.78, 5) is 16.3. The fourth-order valence-electron chi connectivity index (χ4n) is 1.72. The molecule has 0 bridgehead atoms. The van der Waals surface area contributed by atoms with Gasteiger partial charge in [0.25, 0.3) is 0 Å². The van der Waals surface area contributed by atoms with E-state index in [1.165, 1.54) is 0 Å². The number of Topliss-reactive ketones (excluding diaryl/α,β-unsaturated/α-hetero) is 1. The first-order chi connectivity index (χ1) is 7.74. The van der Waals surface area contributed by atoms with E-state index in [1.807, 2.05) is 31.2 Å². The maximum atomic E-state index is 12.0. The second-order valence-corrected chi connectivity index (χ2v) is 3.50. The van der Waals surface area contributed by atoms with E-state index in [0.717, 1.165) is 10.6 Å². The van der Waals surface area contributed by atoms with Crippen LogP contribution in [-0.4, -0.2) is 18.9 Å². The van der Waals surface area contributed by atoms with Gasteiger partial charge in [0.2, 0.25) is 5.78 Å². The van der Waals surface area contributed by atoms with Crippen molar-refractivity contribution in [2.45, 2.75) is 6.92 Å². The van der Waals surface area contributed by atoms with E-state index in [9.17, 15) is 4.79 Å². The summed E-state index contributed by atoms with van der Waals surface area (Å²) in [7, 11) is 0. The van der Waals surface area contributed by atoms with E-state index in [-0.39, 0.29) is 11.5 Å². The van der Waals surface area contributed by atoms with Gasteiger partial charge in [-0.25, -0.2) is 0 Å². The first-order valence-corrected chi connectivity index (χ1v) is 5.23. The molecule has 1 aliphatic heterocycles. The molecule has 0 aromatic heterocycles. The number of hydrogen-bond donors (Lipinski definition) is 0. The van der Waals surface area contributed by atoms with Crippen LogP contribution in [0.15, 0.2) is 41.6 Å². The molecule has 0 aliphatic carbocycles. The summed E-state index contributed by atoms with van der Waals surface area (Å²) in [5.74, 6) is 0.0555. The Balaban J connectivity index is 2.42. The van der Waals surface area contributed by atoms with Gasteiger partial charge >= 0.3 is 0 Å². The quantitative estimate of drug-likeness (QED) is 0.544. The lowest BCUT2D eigenvalue weighted by Gasteiger charge is -2.05. The minimum absolute atomic E-state index is 0.143. The van der Waals surface area contributed by atoms with E-state index in [4.69, 9.17) is 4.74 Å². The molecule has 1 aromatic rings. The Labute approximate surface area is 93.8 Å². The molecular formula is C13H13NO2. The zero-order valence-electron chi connectivity index (χ0n) is 9.19. The van der Waals surface area contributed by atoms with E-state index >= 15 is 0 Å². The van der Waals surface area contributed by atoms with E-state index in [0.29, 0.717) is 18.7 Å². The normalized spacial score (nSPS) is 12.9. The van der Waals surface area contributed by atoms with Crippen LogP contribution in [-0.2, 0) is 9.53 Å². The van der Waals surface area contributed by atoms with Crippen LogP contribution in [0.1, 0.15) is 6.92 Å². The Morgan fingerprint density at radius 1 is 1.50 bits per heavy atom. The standard InChI is InChI=1S/C13H13NO2/c1-3-16-9(2)13(15)11-8-14-12-7-5-4-6-10(11)12/h4-7H,2-3,8H2,1H3. The topological polar surface area (TPSA) is 38.7 Å². The fourth-order valence-corrected chi connectivity index (χ4v) is 1.72. The average molecular weight is 215 g/mol. The van der Waals surface area contributed by atoms with Crippen LogP contribution >= 0.6 is 0 Å². The van der Waals surface area contributed by atoms with E-state index in [1.54, 1.807) is 0 Å². The highest BCUT2D eigenvalue weighted by Crippen LogP contribution is 2.07. The zero-order chi connectivity index (χ0) is 11.5. The predicted molar refractivity (Wildman–Crippen MR) is 61.3 cm³/mol. The van der Waals surface area contributed by atoms with Gasteiger partial charge < -0.3 is 4.74 Å². The van der Waals surface area contributed by atoms with Gasteiger partial charge in [-0.15, -0.1) is 0 Å². The molecule has 1 heterocycles. The van der Waals surface area contributed by atoms with Crippen molar-refractivity contribution in [2.75, 3.05) is 13.2 Å². The minimum Gasteiger partial charge on any atom is -0.490 e. The van der Waals surface area contributed by atoms with Crippen LogP contribution in [0.4, 0.5) is 0 Å². The summed E-state index contributed by atoms with van der Waals surface area (Å²) in [6.07, 6.45) is 0. The largest absolute Gasteiger partial charge is 0.490 e.